The summed E-state index contributed by atoms with van der Waals surface area (Å²) in [5, 5.41) is 9.24. The van der Waals surface area contributed by atoms with Crippen molar-refractivity contribution in [2.45, 2.75) is 19.4 Å². The molecule has 1 aliphatic rings. The molecule has 110 valence electrons. The first-order chi connectivity index (χ1) is 10.1. The molecule has 0 amide bonds. The molecular formula is C16H16ClNO2S. The van der Waals surface area contributed by atoms with E-state index in [1.807, 2.05) is 6.07 Å². The van der Waals surface area contributed by atoms with Crippen molar-refractivity contribution in [3.63, 3.8) is 0 Å². The van der Waals surface area contributed by atoms with Gasteiger partial charge in [-0.25, -0.2) is 4.79 Å². The quantitative estimate of drug-likeness (QED) is 0.933. The van der Waals surface area contributed by atoms with Crippen molar-refractivity contribution in [3.05, 3.63) is 56.2 Å². The van der Waals surface area contributed by atoms with Crippen molar-refractivity contribution in [3.8, 4) is 0 Å². The summed E-state index contributed by atoms with van der Waals surface area (Å²) in [6, 6.07) is 10.4. The van der Waals surface area contributed by atoms with Crippen LogP contribution in [0.4, 0.5) is 0 Å². The maximum absolute atomic E-state index is 11.3. The van der Waals surface area contributed by atoms with Gasteiger partial charge in [0, 0.05) is 24.5 Å². The molecule has 0 saturated carbocycles. The lowest BCUT2D eigenvalue weighted by Crippen LogP contribution is -2.32. The summed E-state index contributed by atoms with van der Waals surface area (Å²) in [5.74, 6) is -0.907. The Morgan fingerprint density at radius 3 is 2.81 bits per heavy atom. The highest BCUT2D eigenvalue weighted by atomic mass is 35.5. The van der Waals surface area contributed by atoms with Crippen LogP contribution in [-0.2, 0) is 19.4 Å². The molecule has 0 aliphatic carbocycles. The Balaban J connectivity index is 1.68. The van der Waals surface area contributed by atoms with E-state index < -0.39 is 5.97 Å². The first-order valence-electron chi connectivity index (χ1n) is 6.94. The van der Waals surface area contributed by atoms with Crippen LogP contribution in [0.2, 0.25) is 4.34 Å². The molecule has 5 heteroatoms. The minimum atomic E-state index is -0.907. The van der Waals surface area contributed by atoms with Gasteiger partial charge in [0.15, 0.2) is 0 Å². The van der Waals surface area contributed by atoms with Gasteiger partial charge in [0.25, 0.3) is 0 Å². The highest BCUT2D eigenvalue weighted by molar-refractivity contribution is 7.16. The summed E-state index contributed by atoms with van der Waals surface area (Å²) < 4.78 is 0.414. The number of hydrogen-bond acceptors (Lipinski definition) is 3. The number of carbonyl (C=O) groups is 1. The average Bonchev–Trinajstić information content (AvgIpc) is 2.81. The van der Waals surface area contributed by atoms with Gasteiger partial charge in [0.1, 0.15) is 4.34 Å². The minimum absolute atomic E-state index is 0.319. The summed E-state index contributed by atoms with van der Waals surface area (Å²) in [6.45, 7) is 2.69. The predicted molar refractivity (Wildman–Crippen MR) is 85.4 cm³/mol. The number of hydrogen-bond donors (Lipinski definition) is 1. The summed E-state index contributed by atoms with van der Waals surface area (Å²) in [4.78, 5) is 14.7. The van der Waals surface area contributed by atoms with Gasteiger partial charge < -0.3 is 5.11 Å². The molecule has 0 bridgehead atoms. The second-order valence-electron chi connectivity index (χ2n) is 5.22. The second kappa shape index (κ2) is 6.18. The van der Waals surface area contributed by atoms with Crippen molar-refractivity contribution < 1.29 is 9.90 Å². The number of carboxylic acids is 1. The molecule has 1 aromatic heterocycles. The van der Waals surface area contributed by atoms with Crippen LogP contribution in [0.5, 0.6) is 0 Å². The molecule has 1 aromatic carbocycles. The fraction of sp³-hybridized carbons (Fsp3) is 0.312. The van der Waals surface area contributed by atoms with Crippen LogP contribution in [-0.4, -0.2) is 29.1 Å². The summed E-state index contributed by atoms with van der Waals surface area (Å²) in [6.07, 6.45) is 1.79. The van der Waals surface area contributed by atoms with E-state index in [4.69, 9.17) is 11.6 Å². The summed E-state index contributed by atoms with van der Waals surface area (Å²) >= 11 is 7.48. The van der Waals surface area contributed by atoms with Crippen LogP contribution in [0.25, 0.3) is 0 Å². The van der Waals surface area contributed by atoms with Crippen LogP contribution in [0.3, 0.4) is 0 Å². The lowest BCUT2D eigenvalue weighted by molar-refractivity contribution is 0.0695. The lowest BCUT2D eigenvalue weighted by Gasteiger charge is -2.26. The van der Waals surface area contributed by atoms with E-state index in [0.29, 0.717) is 9.90 Å². The van der Waals surface area contributed by atoms with Crippen LogP contribution < -0.4 is 0 Å². The average molecular weight is 322 g/mol. The number of rotatable bonds is 4. The van der Waals surface area contributed by atoms with Crippen LogP contribution in [0.1, 0.15) is 26.4 Å². The van der Waals surface area contributed by atoms with Gasteiger partial charge in [-0.3, -0.25) is 4.90 Å². The van der Waals surface area contributed by atoms with Gasteiger partial charge >= 0.3 is 5.97 Å². The number of nitrogens with zero attached hydrogens (tertiary/aromatic N) is 1. The normalized spacial score (nSPS) is 14.9. The predicted octanol–water partition coefficient (Wildman–Crippen LogP) is 3.70. The van der Waals surface area contributed by atoms with Gasteiger partial charge in [-0.05, 0) is 24.0 Å². The zero-order chi connectivity index (χ0) is 14.8. The van der Waals surface area contributed by atoms with E-state index in [2.05, 4.69) is 29.2 Å². The maximum Gasteiger partial charge on any atom is 0.338 e. The Hall–Kier alpha value is -1.36. The van der Waals surface area contributed by atoms with E-state index in [1.54, 1.807) is 0 Å². The Morgan fingerprint density at radius 1 is 1.33 bits per heavy atom. The zero-order valence-electron chi connectivity index (χ0n) is 11.5. The van der Waals surface area contributed by atoms with E-state index >= 15 is 0 Å². The lowest BCUT2D eigenvalue weighted by atomic mass is 10.0. The number of halogens is 1. The van der Waals surface area contributed by atoms with E-state index in [9.17, 15) is 9.90 Å². The Kier molecular flexibility index (Phi) is 4.29. The molecule has 0 atom stereocenters. The van der Waals surface area contributed by atoms with Gasteiger partial charge in [-0.1, -0.05) is 41.9 Å². The molecule has 0 fully saturated rings. The van der Waals surface area contributed by atoms with Gasteiger partial charge in [-0.15, -0.1) is 11.3 Å². The Labute approximate surface area is 132 Å². The van der Waals surface area contributed by atoms with Crippen molar-refractivity contribution in [1.29, 1.82) is 0 Å². The minimum Gasteiger partial charge on any atom is -0.478 e. The largest absolute Gasteiger partial charge is 0.478 e. The third-order valence-corrected chi connectivity index (χ3v) is 5.29. The van der Waals surface area contributed by atoms with E-state index in [0.717, 1.165) is 42.9 Å². The zero-order valence-corrected chi connectivity index (χ0v) is 13.1. The molecule has 3 rings (SSSR count). The van der Waals surface area contributed by atoms with Crippen LogP contribution in [0.15, 0.2) is 30.3 Å². The Bertz CT molecular complexity index is 654. The number of aromatic carboxylic acids is 1. The third-order valence-electron chi connectivity index (χ3n) is 3.87. The van der Waals surface area contributed by atoms with E-state index in [-0.39, 0.29) is 0 Å². The fourth-order valence-corrected chi connectivity index (χ4v) is 4.34. The highest BCUT2D eigenvalue weighted by Crippen LogP contribution is 2.36. The molecule has 0 spiro atoms. The summed E-state index contributed by atoms with van der Waals surface area (Å²) in [7, 11) is 0. The summed E-state index contributed by atoms with van der Waals surface area (Å²) in [5.41, 5.74) is 2.59. The third kappa shape index (κ3) is 3.12. The molecular weight excluding hydrogens is 306 g/mol. The molecule has 0 saturated heterocycles. The standard InChI is InChI=1S/C16H16ClNO2S/c17-15-14(16(19)20)12-7-9-18(10-13(12)21-15)8-6-11-4-2-1-3-5-11/h1-5H,6-10H2,(H,19,20). The fourth-order valence-electron chi connectivity index (χ4n) is 2.76. The van der Waals surface area contributed by atoms with Crippen molar-refractivity contribution in [1.82, 2.24) is 4.90 Å². The van der Waals surface area contributed by atoms with Gasteiger partial charge in [-0.2, -0.15) is 0 Å². The molecule has 2 aromatic rings. The SMILES string of the molecule is O=C(O)c1c(Cl)sc2c1CCN(CCc1ccccc1)C2. The molecule has 0 unspecified atom stereocenters. The maximum atomic E-state index is 11.3. The highest BCUT2D eigenvalue weighted by Gasteiger charge is 2.26. The number of carboxylic acid groups (broad SMARTS) is 1. The molecule has 1 N–H and O–H groups in total. The Morgan fingerprint density at radius 2 is 2.10 bits per heavy atom. The van der Waals surface area contributed by atoms with Crippen molar-refractivity contribution in [2.75, 3.05) is 13.1 Å². The van der Waals surface area contributed by atoms with Crippen molar-refractivity contribution >= 4 is 28.9 Å². The van der Waals surface area contributed by atoms with Gasteiger partial charge in [0.2, 0.25) is 0 Å². The first kappa shape index (κ1) is 14.6. The topological polar surface area (TPSA) is 40.5 Å². The van der Waals surface area contributed by atoms with Crippen LogP contribution >= 0.6 is 22.9 Å². The smallest absolute Gasteiger partial charge is 0.338 e. The number of thiophene rings is 1. The molecule has 3 nitrogen and oxygen atoms in total. The molecule has 21 heavy (non-hydrogen) atoms. The monoisotopic (exact) mass is 321 g/mol. The molecule has 1 aliphatic heterocycles. The number of fused-ring (bicyclic) bond motifs is 1. The van der Waals surface area contributed by atoms with E-state index in [1.165, 1.54) is 16.9 Å². The first-order valence-corrected chi connectivity index (χ1v) is 8.14. The van der Waals surface area contributed by atoms with Crippen molar-refractivity contribution in [2.24, 2.45) is 0 Å². The molecule has 2 heterocycles. The number of benzene rings is 1. The van der Waals surface area contributed by atoms with Gasteiger partial charge in [0.05, 0.1) is 5.56 Å². The molecule has 0 radical (unpaired) electrons. The second-order valence-corrected chi connectivity index (χ2v) is 6.93. The van der Waals surface area contributed by atoms with Crippen LogP contribution in [0, 0.1) is 0 Å².